The highest BCUT2D eigenvalue weighted by Crippen LogP contribution is 2.29. The standard InChI is InChI=1S/C18H31N3O3S.HI/c1-5-19-18(20-10-6-7-11-25-4)21-13-16(22)15-12-14(23-2)8-9-17(15)24-3;/h8-9,12,16,22H,5-7,10-11,13H2,1-4H3,(H2,19,20,21);1H. The molecule has 6 nitrogen and oxygen atoms in total. The Hall–Kier alpha value is -0.870. The molecule has 0 radical (unpaired) electrons. The molecule has 0 heterocycles. The Morgan fingerprint density at radius 3 is 2.62 bits per heavy atom. The molecule has 1 atom stereocenters. The van der Waals surface area contributed by atoms with Crippen molar-refractivity contribution in [1.82, 2.24) is 10.6 Å². The van der Waals surface area contributed by atoms with Gasteiger partial charge in [0.2, 0.25) is 0 Å². The van der Waals surface area contributed by atoms with Gasteiger partial charge >= 0.3 is 0 Å². The molecule has 0 amide bonds. The van der Waals surface area contributed by atoms with E-state index in [0.29, 0.717) is 23.0 Å². The molecule has 0 aliphatic carbocycles. The van der Waals surface area contributed by atoms with Crippen LogP contribution >= 0.6 is 35.7 Å². The van der Waals surface area contributed by atoms with Crippen LogP contribution in [0, 0.1) is 0 Å². The number of hydrogen-bond acceptors (Lipinski definition) is 5. The Labute approximate surface area is 178 Å². The minimum absolute atomic E-state index is 0. The summed E-state index contributed by atoms with van der Waals surface area (Å²) in [6.07, 6.45) is 3.62. The fourth-order valence-corrected chi connectivity index (χ4v) is 2.79. The third kappa shape index (κ3) is 9.18. The average molecular weight is 497 g/mol. The minimum atomic E-state index is -0.767. The fourth-order valence-electron chi connectivity index (χ4n) is 2.30. The molecular formula is C18H32IN3O3S. The molecule has 0 spiro atoms. The van der Waals surface area contributed by atoms with E-state index >= 15 is 0 Å². The summed E-state index contributed by atoms with van der Waals surface area (Å²) in [6.45, 7) is 3.90. The van der Waals surface area contributed by atoms with E-state index in [-0.39, 0.29) is 30.5 Å². The van der Waals surface area contributed by atoms with Crippen molar-refractivity contribution in [2.75, 3.05) is 45.9 Å². The van der Waals surface area contributed by atoms with Gasteiger partial charge in [0.05, 0.1) is 20.8 Å². The van der Waals surface area contributed by atoms with Crippen molar-refractivity contribution in [3.63, 3.8) is 0 Å². The smallest absolute Gasteiger partial charge is 0.191 e. The molecule has 1 aromatic rings. The SMILES string of the molecule is CCNC(=NCC(O)c1cc(OC)ccc1OC)NCCCCSC.I. The Morgan fingerprint density at radius 2 is 2.00 bits per heavy atom. The monoisotopic (exact) mass is 497 g/mol. The maximum Gasteiger partial charge on any atom is 0.191 e. The molecule has 3 N–H and O–H groups in total. The van der Waals surface area contributed by atoms with Gasteiger partial charge in [-0.25, -0.2) is 0 Å². The van der Waals surface area contributed by atoms with Gasteiger partial charge in [-0.05, 0) is 50.0 Å². The molecule has 0 aliphatic rings. The number of methoxy groups -OCH3 is 2. The van der Waals surface area contributed by atoms with E-state index in [4.69, 9.17) is 9.47 Å². The predicted molar refractivity (Wildman–Crippen MR) is 122 cm³/mol. The van der Waals surface area contributed by atoms with Crippen molar-refractivity contribution < 1.29 is 14.6 Å². The summed E-state index contributed by atoms with van der Waals surface area (Å²) in [5.74, 6) is 3.19. The van der Waals surface area contributed by atoms with Crippen molar-refractivity contribution in [2.45, 2.75) is 25.9 Å². The normalized spacial score (nSPS) is 12.1. The Morgan fingerprint density at radius 1 is 1.23 bits per heavy atom. The minimum Gasteiger partial charge on any atom is -0.497 e. The number of ether oxygens (including phenoxy) is 2. The highest BCUT2D eigenvalue weighted by atomic mass is 127. The zero-order valence-corrected chi connectivity index (χ0v) is 19.2. The average Bonchev–Trinajstić information content (AvgIpc) is 2.64. The quantitative estimate of drug-likeness (QED) is 0.189. The second-order valence-corrected chi connectivity index (χ2v) is 6.46. The van der Waals surface area contributed by atoms with Gasteiger partial charge in [0.1, 0.15) is 17.6 Å². The predicted octanol–water partition coefficient (Wildman–Crippen LogP) is 3.05. The first-order chi connectivity index (χ1) is 12.2. The van der Waals surface area contributed by atoms with Crippen LogP contribution in [0.25, 0.3) is 0 Å². The highest BCUT2D eigenvalue weighted by molar-refractivity contribution is 14.0. The summed E-state index contributed by atoms with van der Waals surface area (Å²) in [5, 5.41) is 17.0. The summed E-state index contributed by atoms with van der Waals surface area (Å²) in [6, 6.07) is 5.37. The maximum absolute atomic E-state index is 10.5. The van der Waals surface area contributed by atoms with E-state index < -0.39 is 6.10 Å². The lowest BCUT2D eigenvalue weighted by molar-refractivity contribution is 0.182. The summed E-state index contributed by atoms with van der Waals surface area (Å²) in [4.78, 5) is 4.48. The summed E-state index contributed by atoms with van der Waals surface area (Å²) >= 11 is 1.86. The molecule has 0 bridgehead atoms. The van der Waals surface area contributed by atoms with Crippen molar-refractivity contribution >= 4 is 41.7 Å². The van der Waals surface area contributed by atoms with Crippen LogP contribution in [0.2, 0.25) is 0 Å². The summed E-state index contributed by atoms with van der Waals surface area (Å²) in [5.41, 5.74) is 0.668. The van der Waals surface area contributed by atoms with Crippen LogP contribution in [0.1, 0.15) is 31.4 Å². The second kappa shape index (κ2) is 15.2. The maximum atomic E-state index is 10.5. The van der Waals surface area contributed by atoms with E-state index in [2.05, 4.69) is 21.9 Å². The third-order valence-corrected chi connectivity index (χ3v) is 4.33. The first-order valence-corrected chi connectivity index (χ1v) is 9.96. The number of aliphatic hydroxyl groups excluding tert-OH is 1. The molecule has 1 unspecified atom stereocenters. The van der Waals surface area contributed by atoms with Crippen molar-refractivity contribution in [3.8, 4) is 11.5 Å². The van der Waals surface area contributed by atoms with Gasteiger partial charge in [0.15, 0.2) is 5.96 Å². The molecule has 150 valence electrons. The van der Waals surface area contributed by atoms with Crippen LogP contribution in [0.5, 0.6) is 11.5 Å². The largest absolute Gasteiger partial charge is 0.497 e. The lowest BCUT2D eigenvalue weighted by Gasteiger charge is -2.16. The number of nitrogens with one attached hydrogen (secondary N) is 2. The van der Waals surface area contributed by atoms with E-state index in [9.17, 15) is 5.11 Å². The van der Waals surface area contributed by atoms with Crippen molar-refractivity contribution in [3.05, 3.63) is 23.8 Å². The number of halogens is 1. The molecule has 0 saturated heterocycles. The van der Waals surface area contributed by atoms with Gasteiger partial charge < -0.3 is 25.2 Å². The van der Waals surface area contributed by atoms with Gasteiger partial charge in [-0.3, -0.25) is 4.99 Å². The summed E-state index contributed by atoms with van der Waals surface area (Å²) in [7, 11) is 3.18. The van der Waals surface area contributed by atoms with Gasteiger partial charge in [-0.15, -0.1) is 24.0 Å². The molecule has 0 saturated carbocycles. The number of unbranched alkanes of at least 4 members (excludes halogenated alkanes) is 1. The Bertz CT molecular complexity index is 532. The number of nitrogens with zero attached hydrogens (tertiary/aromatic N) is 1. The van der Waals surface area contributed by atoms with E-state index in [0.717, 1.165) is 19.5 Å². The fraction of sp³-hybridized carbons (Fsp3) is 0.611. The lowest BCUT2D eigenvalue weighted by atomic mass is 10.1. The molecular weight excluding hydrogens is 465 g/mol. The highest BCUT2D eigenvalue weighted by Gasteiger charge is 2.14. The van der Waals surface area contributed by atoms with Gasteiger partial charge in [0.25, 0.3) is 0 Å². The second-order valence-electron chi connectivity index (χ2n) is 5.47. The molecule has 8 heteroatoms. The number of guanidine groups is 1. The van der Waals surface area contributed by atoms with Gasteiger partial charge in [-0.2, -0.15) is 11.8 Å². The lowest BCUT2D eigenvalue weighted by Crippen LogP contribution is -2.38. The number of benzene rings is 1. The Kier molecular flexibility index (Phi) is 14.7. The molecule has 0 fully saturated rings. The van der Waals surface area contributed by atoms with Crippen LogP contribution in [-0.2, 0) is 0 Å². The number of aliphatic hydroxyl groups is 1. The van der Waals surface area contributed by atoms with Crippen LogP contribution in [0.4, 0.5) is 0 Å². The Balaban J connectivity index is 0.00000625. The number of aliphatic imine (C=N–C) groups is 1. The van der Waals surface area contributed by atoms with Crippen LogP contribution in [0.3, 0.4) is 0 Å². The molecule has 26 heavy (non-hydrogen) atoms. The molecule has 1 aromatic carbocycles. The molecule has 0 aliphatic heterocycles. The van der Waals surface area contributed by atoms with Gasteiger partial charge in [-0.1, -0.05) is 0 Å². The molecule has 0 aromatic heterocycles. The van der Waals surface area contributed by atoms with Crippen LogP contribution in [-0.4, -0.2) is 56.9 Å². The zero-order valence-electron chi connectivity index (χ0n) is 16.1. The van der Waals surface area contributed by atoms with Crippen molar-refractivity contribution in [2.24, 2.45) is 4.99 Å². The van der Waals surface area contributed by atoms with Crippen LogP contribution < -0.4 is 20.1 Å². The first kappa shape index (κ1) is 25.1. The van der Waals surface area contributed by atoms with E-state index in [1.165, 1.54) is 12.2 Å². The number of hydrogen-bond donors (Lipinski definition) is 3. The van der Waals surface area contributed by atoms with Crippen LogP contribution in [0.15, 0.2) is 23.2 Å². The topological polar surface area (TPSA) is 75.1 Å². The summed E-state index contributed by atoms with van der Waals surface area (Å²) < 4.78 is 10.6. The van der Waals surface area contributed by atoms with Crippen molar-refractivity contribution in [1.29, 1.82) is 0 Å². The van der Waals surface area contributed by atoms with Gasteiger partial charge in [0, 0.05) is 18.7 Å². The molecule has 1 rings (SSSR count). The third-order valence-electron chi connectivity index (χ3n) is 3.63. The number of thioether (sulfide) groups is 1. The first-order valence-electron chi connectivity index (χ1n) is 8.57. The van der Waals surface area contributed by atoms with E-state index in [1.807, 2.05) is 18.7 Å². The van der Waals surface area contributed by atoms with E-state index in [1.54, 1.807) is 32.4 Å². The zero-order chi connectivity index (χ0) is 18.5. The number of rotatable bonds is 11.